The normalized spacial score (nSPS) is 11.0. The highest BCUT2D eigenvalue weighted by Gasteiger charge is 2.17. The fourth-order valence-corrected chi connectivity index (χ4v) is 3.43. The van der Waals surface area contributed by atoms with Crippen molar-refractivity contribution in [2.24, 2.45) is 0 Å². The third-order valence-corrected chi connectivity index (χ3v) is 4.96. The molecular formula is C21H21N7O3. The number of carbonyl (C=O) groups excluding carboxylic acids is 1. The predicted octanol–water partition coefficient (Wildman–Crippen LogP) is 2.43. The molecule has 0 aliphatic heterocycles. The zero-order chi connectivity index (χ0) is 22.0. The molecule has 0 amide bonds. The number of rotatable bonds is 7. The van der Waals surface area contributed by atoms with E-state index in [9.17, 15) is 9.90 Å². The Morgan fingerprint density at radius 1 is 1.32 bits per heavy atom. The molecule has 3 N–H and O–H groups in total. The lowest BCUT2D eigenvalue weighted by Crippen LogP contribution is -2.19. The van der Waals surface area contributed by atoms with Crippen molar-refractivity contribution in [3.63, 3.8) is 0 Å². The maximum atomic E-state index is 11.8. The van der Waals surface area contributed by atoms with Crippen LogP contribution < -0.4 is 10.2 Å². The molecule has 0 spiro atoms. The molecule has 10 nitrogen and oxygen atoms in total. The molecule has 4 aromatic rings. The SMILES string of the molecule is CCCc1c(OCc2cccn3c(=N)c(-c4nnn[nH]4)cnc23)ccc(C(C)=O)c1O. The van der Waals surface area contributed by atoms with Gasteiger partial charge in [0, 0.05) is 23.5 Å². The summed E-state index contributed by atoms with van der Waals surface area (Å²) in [6.45, 7) is 3.59. The van der Waals surface area contributed by atoms with E-state index >= 15 is 0 Å². The monoisotopic (exact) mass is 419 g/mol. The summed E-state index contributed by atoms with van der Waals surface area (Å²) in [5, 5.41) is 32.6. The Labute approximate surface area is 177 Å². The van der Waals surface area contributed by atoms with Gasteiger partial charge in [0.05, 0.1) is 11.1 Å². The highest BCUT2D eigenvalue weighted by Crippen LogP contribution is 2.33. The molecule has 0 aliphatic rings. The van der Waals surface area contributed by atoms with Gasteiger partial charge in [-0.05, 0) is 42.0 Å². The third-order valence-electron chi connectivity index (χ3n) is 4.96. The van der Waals surface area contributed by atoms with E-state index in [1.165, 1.54) is 6.92 Å². The number of nitrogens with one attached hydrogen (secondary N) is 2. The van der Waals surface area contributed by atoms with Crippen molar-refractivity contribution in [3.8, 4) is 22.9 Å². The van der Waals surface area contributed by atoms with Crippen LogP contribution in [-0.2, 0) is 13.0 Å². The number of phenolic OH excluding ortho intramolecular Hbond substituents is 1. The molecule has 0 radical (unpaired) electrons. The highest BCUT2D eigenvalue weighted by molar-refractivity contribution is 5.97. The van der Waals surface area contributed by atoms with Gasteiger partial charge in [0.25, 0.3) is 0 Å². The zero-order valence-electron chi connectivity index (χ0n) is 17.1. The van der Waals surface area contributed by atoms with E-state index in [4.69, 9.17) is 10.1 Å². The van der Waals surface area contributed by atoms with Gasteiger partial charge in [0.2, 0.25) is 0 Å². The fraction of sp³-hybridized carbons (Fsp3) is 0.238. The van der Waals surface area contributed by atoms with Crippen molar-refractivity contribution in [3.05, 3.63) is 58.8 Å². The molecule has 1 aromatic carbocycles. The van der Waals surface area contributed by atoms with Crippen molar-refractivity contribution >= 4 is 11.4 Å². The van der Waals surface area contributed by atoms with E-state index in [-0.39, 0.29) is 29.2 Å². The fourth-order valence-electron chi connectivity index (χ4n) is 3.43. The van der Waals surface area contributed by atoms with Crippen LogP contribution in [0.2, 0.25) is 0 Å². The van der Waals surface area contributed by atoms with Crippen molar-refractivity contribution in [2.45, 2.75) is 33.3 Å². The Balaban J connectivity index is 1.69. The summed E-state index contributed by atoms with van der Waals surface area (Å²) in [7, 11) is 0. The smallest absolute Gasteiger partial charge is 0.184 e. The second-order valence-electron chi connectivity index (χ2n) is 7.03. The van der Waals surface area contributed by atoms with E-state index in [0.717, 1.165) is 12.0 Å². The average molecular weight is 419 g/mol. The Hall–Kier alpha value is -4.08. The first-order valence-corrected chi connectivity index (χ1v) is 9.77. The van der Waals surface area contributed by atoms with Gasteiger partial charge in [0.15, 0.2) is 11.6 Å². The number of aromatic hydroxyl groups is 1. The van der Waals surface area contributed by atoms with Crippen LogP contribution in [0.3, 0.4) is 0 Å². The van der Waals surface area contributed by atoms with Crippen LogP contribution in [0.15, 0.2) is 36.7 Å². The van der Waals surface area contributed by atoms with Crippen LogP contribution in [0.5, 0.6) is 11.5 Å². The predicted molar refractivity (Wildman–Crippen MR) is 111 cm³/mol. The minimum absolute atomic E-state index is 0.0315. The highest BCUT2D eigenvalue weighted by atomic mass is 16.5. The summed E-state index contributed by atoms with van der Waals surface area (Å²) >= 11 is 0. The Morgan fingerprint density at radius 3 is 2.87 bits per heavy atom. The number of pyridine rings is 1. The molecule has 0 aliphatic carbocycles. The van der Waals surface area contributed by atoms with Crippen molar-refractivity contribution in [1.29, 1.82) is 5.41 Å². The first kappa shape index (κ1) is 20.2. The van der Waals surface area contributed by atoms with Gasteiger partial charge in [-0.3, -0.25) is 14.6 Å². The summed E-state index contributed by atoms with van der Waals surface area (Å²) in [5.74, 6) is 0.647. The molecule has 158 valence electrons. The second kappa shape index (κ2) is 8.34. The van der Waals surface area contributed by atoms with Gasteiger partial charge in [-0.15, -0.1) is 5.10 Å². The van der Waals surface area contributed by atoms with Crippen LogP contribution in [0.1, 0.15) is 41.8 Å². The number of Topliss-reactive ketones (excluding diaryl/α,β-unsaturated/α-hetero) is 1. The van der Waals surface area contributed by atoms with Gasteiger partial charge < -0.3 is 9.84 Å². The number of carbonyl (C=O) groups is 1. The number of hydrogen-bond acceptors (Lipinski definition) is 8. The number of aromatic nitrogens is 6. The molecule has 4 rings (SSSR count). The maximum absolute atomic E-state index is 11.8. The van der Waals surface area contributed by atoms with Gasteiger partial charge in [-0.2, -0.15) is 0 Å². The number of ether oxygens (including phenoxy) is 1. The molecule has 0 atom stereocenters. The summed E-state index contributed by atoms with van der Waals surface area (Å²) in [6.07, 6.45) is 4.64. The molecule has 0 saturated carbocycles. The van der Waals surface area contributed by atoms with Crippen LogP contribution in [-0.4, -0.2) is 40.9 Å². The second-order valence-corrected chi connectivity index (χ2v) is 7.03. The number of fused-ring (bicyclic) bond motifs is 1. The van der Waals surface area contributed by atoms with Crippen LogP contribution in [0.25, 0.3) is 17.0 Å². The number of tetrazole rings is 1. The maximum Gasteiger partial charge on any atom is 0.184 e. The first-order valence-electron chi connectivity index (χ1n) is 9.77. The molecule has 3 heterocycles. The van der Waals surface area contributed by atoms with E-state index < -0.39 is 0 Å². The topological polar surface area (TPSA) is 142 Å². The first-order chi connectivity index (χ1) is 15.0. The summed E-state index contributed by atoms with van der Waals surface area (Å²) in [6, 6.07) is 6.94. The number of phenols is 1. The standard InChI is InChI=1S/C21H21N7O3/c1-3-5-15-17(8-7-14(12(2)29)18(15)30)31-11-13-6-4-9-28-19(22)16(10-23-21(13)28)20-24-26-27-25-20/h4,6-10,22,30H,3,5,11H2,1-2H3,(H,24,25,26,27). The van der Waals surface area contributed by atoms with Crippen LogP contribution in [0.4, 0.5) is 0 Å². The molecule has 0 fully saturated rings. The van der Waals surface area contributed by atoms with E-state index in [0.29, 0.717) is 34.8 Å². The summed E-state index contributed by atoms with van der Waals surface area (Å²) in [4.78, 5) is 16.2. The van der Waals surface area contributed by atoms with Gasteiger partial charge in [-0.25, -0.2) is 10.1 Å². The number of nitrogens with zero attached hydrogens (tertiary/aromatic N) is 5. The minimum atomic E-state index is -0.197. The lowest BCUT2D eigenvalue weighted by atomic mass is 10.0. The molecule has 0 unspecified atom stereocenters. The van der Waals surface area contributed by atoms with Gasteiger partial charge in [-0.1, -0.05) is 19.4 Å². The van der Waals surface area contributed by atoms with Gasteiger partial charge in [0.1, 0.15) is 29.2 Å². The summed E-state index contributed by atoms with van der Waals surface area (Å²) < 4.78 is 7.64. The number of benzene rings is 1. The Morgan fingerprint density at radius 2 is 2.16 bits per heavy atom. The zero-order valence-corrected chi connectivity index (χ0v) is 17.1. The largest absolute Gasteiger partial charge is 0.507 e. The van der Waals surface area contributed by atoms with Crippen molar-refractivity contribution in [2.75, 3.05) is 0 Å². The van der Waals surface area contributed by atoms with Crippen LogP contribution >= 0.6 is 0 Å². The average Bonchev–Trinajstić information content (AvgIpc) is 3.29. The Kier molecular flexibility index (Phi) is 5.44. The molecule has 0 saturated heterocycles. The summed E-state index contributed by atoms with van der Waals surface area (Å²) in [5.41, 5.74) is 2.86. The van der Waals surface area contributed by atoms with E-state index in [1.807, 2.05) is 13.0 Å². The van der Waals surface area contributed by atoms with E-state index in [2.05, 4.69) is 25.6 Å². The molecule has 0 bridgehead atoms. The lowest BCUT2D eigenvalue weighted by molar-refractivity contribution is 0.101. The van der Waals surface area contributed by atoms with Crippen LogP contribution in [0, 0.1) is 5.41 Å². The lowest BCUT2D eigenvalue weighted by Gasteiger charge is -2.15. The van der Waals surface area contributed by atoms with Crippen molar-refractivity contribution in [1.82, 2.24) is 30.0 Å². The van der Waals surface area contributed by atoms with Crippen molar-refractivity contribution < 1.29 is 14.6 Å². The molecule has 3 aromatic heterocycles. The Bertz CT molecular complexity index is 1310. The molecular weight excluding hydrogens is 398 g/mol. The number of H-pyrrole nitrogens is 1. The minimum Gasteiger partial charge on any atom is -0.507 e. The molecule has 10 heteroatoms. The quantitative estimate of drug-likeness (QED) is 0.390. The molecule has 31 heavy (non-hydrogen) atoms. The third kappa shape index (κ3) is 3.75. The number of aromatic amines is 1. The van der Waals surface area contributed by atoms with E-state index in [1.54, 1.807) is 35.0 Å². The number of hydrogen-bond donors (Lipinski definition) is 3. The number of ketones is 1. The van der Waals surface area contributed by atoms with Gasteiger partial charge >= 0.3 is 0 Å².